The first-order valence-corrected chi connectivity index (χ1v) is 43.4. The van der Waals surface area contributed by atoms with Crippen LogP contribution >= 0.6 is 0 Å². The summed E-state index contributed by atoms with van der Waals surface area (Å²) in [5, 5.41) is 57.9. The molecule has 29 heteroatoms. The van der Waals surface area contributed by atoms with Gasteiger partial charge in [0.25, 0.3) is 0 Å². The van der Waals surface area contributed by atoms with Gasteiger partial charge in [0.1, 0.15) is 0 Å². The van der Waals surface area contributed by atoms with Crippen molar-refractivity contribution < 1.29 is 39.0 Å². The highest BCUT2D eigenvalue weighted by Crippen LogP contribution is 2.26. The third-order valence-corrected chi connectivity index (χ3v) is 20.5. The largest absolute Gasteiger partial charge is 0.433 e. The Morgan fingerprint density at radius 2 is 0.554 bits per heavy atom. The second kappa shape index (κ2) is 55.3. The van der Waals surface area contributed by atoms with Crippen LogP contribution in [0.15, 0.2) is 342 Å². The van der Waals surface area contributed by atoms with E-state index in [2.05, 4.69) is 67.9 Å². The first kappa shape index (κ1) is 99.5. The average Bonchev–Trinajstić information content (AvgIpc) is 0.854. The van der Waals surface area contributed by atoms with Crippen molar-refractivity contribution in [3.05, 3.63) is 428 Å². The van der Waals surface area contributed by atoms with Gasteiger partial charge in [-0.3, -0.25) is 34.8 Å². The van der Waals surface area contributed by atoms with Crippen molar-refractivity contribution in [2.45, 2.75) is 136 Å². The molecule has 0 aromatic heterocycles. The number of guanidine groups is 3. The van der Waals surface area contributed by atoms with Gasteiger partial charge in [-0.25, -0.2) is 14.6 Å². The number of carbonyl (C=O) groups excluding carboxylic acids is 5. The second-order valence-electron chi connectivity index (χ2n) is 30.9. The Kier molecular flexibility index (Phi) is 42.4. The fraction of sp³-hybridized carbons (Fsp3) is 0.208. The van der Waals surface area contributed by atoms with Crippen molar-refractivity contribution in [1.82, 2.24) is 53.1 Å². The summed E-state index contributed by atoms with van der Waals surface area (Å²) < 4.78 is 0. The third-order valence-electron chi connectivity index (χ3n) is 20.5. The fourth-order valence-corrected chi connectivity index (χ4v) is 13.7. The number of urea groups is 2. The van der Waals surface area contributed by atoms with Crippen molar-refractivity contribution >= 4 is 68.8 Å². The summed E-state index contributed by atoms with van der Waals surface area (Å²) in [7, 11) is -2.73. The Bertz CT molecular complexity index is 5490. The van der Waals surface area contributed by atoms with Gasteiger partial charge in [0.2, 0.25) is 17.7 Å². The molecule has 0 heterocycles. The first-order chi connectivity index (χ1) is 63.2. The fourth-order valence-electron chi connectivity index (χ4n) is 13.7. The van der Waals surface area contributed by atoms with Gasteiger partial charge in [-0.2, -0.15) is 0 Å². The zero-order valence-electron chi connectivity index (χ0n) is 73.9. The molecule has 0 aliphatic rings. The molecular formula is C101H119B3N18O8. The molecule has 26 nitrogen and oxygen atoms in total. The molecule has 0 aliphatic carbocycles. The van der Waals surface area contributed by atoms with Crippen molar-refractivity contribution in [2.75, 3.05) is 0 Å². The molecule has 0 spiro atoms. The predicted octanol–water partition coefficient (Wildman–Crippen LogP) is 11.1. The molecule has 3 unspecified atom stereocenters. The molecule has 23 N–H and O–H groups in total. The van der Waals surface area contributed by atoms with Crippen molar-refractivity contribution in [1.29, 1.82) is 0 Å². The molecule has 130 heavy (non-hydrogen) atoms. The number of benzene rings is 12. The predicted molar refractivity (Wildman–Crippen MR) is 523 cm³/mol. The number of amides is 7. The van der Waals surface area contributed by atoms with Gasteiger partial charge in [0.15, 0.2) is 17.9 Å². The van der Waals surface area contributed by atoms with Crippen LogP contribution in [0.5, 0.6) is 0 Å². The van der Waals surface area contributed by atoms with E-state index in [9.17, 15) is 39.0 Å². The highest BCUT2D eigenvalue weighted by Gasteiger charge is 2.25. The Morgan fingerprint density at radius 3 is 0.885 bits per heavy atom. The average molecular weight is 1750 g/mol. The lowest BCUT2D eigenvalue weighted by Gasteiger charge is -2.18. The summed E-state index contributed by atoms with van der Waals surface area (Å²) >= 11 is 0. The smallest absolute Gasteiger partial charge is 0.431 e. The quantitative estimate of drug-likeness (QED) is 0.00997. The number of aliphatic imine (C=N–C) groups is 1. The van der Waals surface area contributed by atoms with Crippen molar-refractivity contribution in [2.24, 2.45) is 43.5 Å². The molecule has 12 aromatic rings. The van der Waals surface area contributed by atoms with E-state index in [-0.39, 0.29) is 53.9 Å². The van der Waals surface area contributed by atoms with Crippen LogP contribution in [0.25, 0.3) is 0 Å². The molecule has 0 radical (unpaired) electrons. The van der Waals surface area contributed by atoms with E-state index < -0.39 is 33.2 Å². The topological polar surface area (TPSA) is 434 Å². The van der Waals surface area contributed by atoms with Gasteiger partial charge in [-0.15, -0.1) is 0 Å². The number of carbonyl (C=O) groups is 5. The zero-order valence-corrected chi connectivity index (χ0v) is 73.9. The summed E-state index contributed by atoms with van der Waals surface area (Å²) in [6.45, 7) is 9.63. The molecule has 0 aliphatic heterocycles. The molecule has 0 fully saturated rings. The number of hydrogen-bond donors (Lipinski definition) is 18. The Labute approximate surface area is 763 Å². The third kappa shape index (κ3) is 37.0. The minimum Gasteiger partial charge on any atom is -0.433 e. The van der Waals surface area contributed by atoms with E-state index in [0.29, 0.717) is 97.2 Å². The van der Waals surface area contributed by atoms with E-state index in [1.54, 1.807) is 6.82 Å². The number of rotatable bonds is 35. The van der Waals surface area contributed by atoms with Gasteiger partial charge >= 0.3 is 33.2 Å². The summed E-state index contributed by atoms with van der Waals surface area (Å²) in [6.07, 6.45) is 1.85. The highest BCUT2D eigenvalue weighted by molar-refractivity contribution is 6.52. The summed E-state index contributed by atoms with van der Waals surface area (Å²) in [6, 6.07) is 105. The first-order valence-electron chi connectivity index (χ1n) is 43.4. The van der Waals surface area contributed by atoms with Gasteiger partial charge in [-0.05, 0) is 140 Å². The standard InChI is InChI=1S/C34H39BN6O3.C33H36N6O2.C26H32B2N4O3.C8H12N2/c1-35(44)41-33(40-34(43)39-22-27-17-15-26(21-36)16-18-27)38-24-29-12-8-11-28(19-29)23-37-32(42)31(30-13-6-3-7-14-30)20-25-9-4-2-5-10-25;34-20-25-14-16-26(17-15-25)21-38-33(41)39-32(35)37-23-28-11-7-10-27(18-28)22-36-31(40)30(29-12-5-2-6-13-29)19-24-8-3-1-4-9-24;1-27(34)31-26(32-28(2)35)30-19-22-13-9-12-21(16-22)18-29-25(33)24(23-14-7-4-8-15-23)17-20-10-5-3-6-11-20;9-5-7-2-1-3-8(4-7)6-10/h2-19,31,44H,20-24,36H2,1H3,(H,37,42)(H3,38,39,40,41,43);1-18,30H,19-23,34H2,(H,36,40)(H4,35,37,38,39,41);3-16,24,34-35H,17-19H2,1-2H3,(H,29,33)(H2,30,31,32);1-4H,5-6,9-10H2. The maximum absolute atomic E-state index is 13.4. The Balaban J connectivity index is 0.000000209. The van der Waals surface area contributed by atoms with Crippen molar-refractivity contribution in [3.8, 4) is 0 Å². The van der Waals surface area contributed by atoms with Gasteiger partial charge < -0.3 is 86.2 Å². The van der Waals surface area contributed by atoms with E-state index in [1.807, 2.05) is 328 Å². The lowest BCUT2D eigenvalue weighted by molar-refractivity contribution is -0.123. The van der Waals surface area contributed by atoms with Crippen LogP contribution in [0.4, 0.5) is 9.59 Å². The van der Waals surface area contributed by atoms with Crippen LogP contribution in [0, 0.1) is 0 Å². The summed E-state index contributed by atoms with van der Waals surface area (Å²) in [5.74, 6) is -0.518. The Morgan fingerprint density at radius 1 is 0.292 bits per heavy atom. The van der Waals surface area contributed by atoms with Crippen molar-refractivity contribution in [3.63, 3.8) is 0 Å². The molecule has 3 atom stereocenters. The molecular weight excluding hydrogens is 1630 g/mol. The molecule has 12 rings (SSSR count). The van der Waals surface area contributed by atoms with E-state index in [4.69, 9.17) is 28.7 Å². The Hall–Kier alpha value is -14.3. The minimum absolute atomic E-state index is 0.0175. The molecule has 0 saturated heterocycles. The lowest BCUT2D eigenvalue weighted by atomic mass is 9.88. The monoisotopic (exact) mass is 1740 g/mol. The summed E-state index contributed by atoms with van der Waals surface area (Å²) in [5.41, 5.74) is 46.2. The highest BCUT2D eigenvalue weighted by atomic mass is 16.2. The molecule has 0 saturated carbocycles. The number of nitrogens with one attached hydrogen (secondary N) is 10. The van der Waals surface area contributed by atoms with Gasteiger partial charge in [0, 0.05) is 72.0 Å². The van der Waals surface area contributed by atoms with E-state index >= 15 is 0 Å². The number of hydrogen-bond acceptors (Lipinski definition) is 15. The van der Waals surface area contributed by atoms with Gasteiger partial charge in [0.05, 0.1) is 24.3 Å². The van der Waals surface area contributed by atoms with Crippen LogP contribution in [-0.4, -0.2) is 83.9 Å². The minimum atomic E-state index is -1.02. The SMILES string of the molecule is CB(O)N=C(NCc1cccc(CNC(=O)C(Cc2ccccc2)c2ccccc2)c1)NB(C)O.CB(O)N=C(NCc1cccc(CNC(=O)C(Cc2ccccc2)c2ccccc2)c1)NC(=O)NCc1ccc(CN)cc1.NCc1ccc(CNC(=O)NC(N)=NCc2cccc(CNC(=O)C(Cc3ccccc3)c3ccccc3)c2)cc1.NCc1cccc(CN)c1. The second-order valence-corrected chi connectivity index (χ2v) is 30.9. The maximum Gasteiger partial charge on any atom is 0.431 e. The van der Waals surface area contributed by atoms with Crippen LogP contribution in [-0.2, 0) is 112 Å². The zero-order chi connectivity index (χ0) is 92.5. The summed E-state index contributed by atoms with van der Waals surface area (Å²) in [4.78, 5) is 77.0. The van der Waals surface area contributed by atoms with Crippen LogP contribution in [0.2, 0.25) is 20.5 Å². The number of nitrogens with zero attached hydrogens (tertiary/aromatic N) is 3. The van der Waals surface area contributed by atoms with E-state index in [0.717, 1.165) is 100 Å². The van der Waals surface area contributed by atoms with Gasteiger partial charge in [-0.1, -0.05) is 328 Å². The normalized spacial score (nSPS) is 11.7. The molecule has 0 bridgehead atoms. The molecule has 12 aromatic carbocycles. The molecule has 7 amide bonds. The van der Waals surface area contributed by atoms with Crippen LogP contribution in [0.1, 0.15) is 118 Å². The maximum atomic E-state index is 13.4. The van der Waals surface area contributed by atoms with Crippen LogP contribution < -0.4 is 81.7 Å². The molecule has 670 valence electrons. The lowest BCUT2D eigenvalue weighted by Crippen LogP contribution is -2.46. The van der Waals surface area contributed by atoms with E-state index in [1.165, 1.54) is 13.6 Å². The number of nitrogens with two attached hydrogens (primary N) is 5. The van der Waals surface area contributed by atoms with Crippen LogP contribution in [0.3, 0.4) is 0 Å².